The number of primary amides is 1. The largest absolute Gasteiger partial charge is 0.493 e. The Morgan fingerprint density at radius 1 is 1.15 bits per heavy atom. The van der Waals surface area contributed by atoms with Gasteiger partial charge in [0.15, 0.2) is 0 Å². The third-order valence-corrected chi connectivity index (χ3v) is 2.33. The molecule has 2 aromatic rings. The molecule has 20 heavy (non-hydrogen) atoms. The second-order valence-corrected chi connectivity index (χ2v) is 3.69. The summed E-state index contributed by atoms with van der Waals surface area (Å²) < 4.78 is 0. The molecule has 9 nitrogen and oxygen atoms in total. The number of nitrogens with zero attached hydrogens (tertiary/aromatic N) is 2. The molecule has 1 aromatic heterocycles. The number of H-pyrrole nitrogens is 2. The summed E-state index contributed by atoms with van der Waals surface area (Å²) in [5, 5.41) is 16.6. The third-order valence-electron chi connectivity index (χ3n) is 2.33. The maximum absolute atomic E-state index is 11.4. The van der Waals surface area contributed by atoms with Crippen molar-refractivity contribution in [3.8, 4) is 5.88 Å². The molecule has 0 saturated heterocycles. The van der Waals surface area contributed by atoms with Gasteiger partial charge in [-0.15, -0.1) is 10.2 Å². The van der Waals surface area contributed by atoms with Crippen molar-refractivity contribution in [3.05, 3.63) is 50.7 Å². The van der Waals surface area contributed by atoms with Gasteiger partial charge in [0, 0.05) is 0 Å². The Hall–Kier alpha value is -3.23. The van der Waals surface area contributed by atoms with E-state index in [1.54, 1.807) is 12.1 Å². The van der Waals surface area contributed by atoms with Crippen molar-refractivity contribution >= 4 is 17.3 Å². The molecule has 5 N–H and O–H groups in total. The SMILES string of the molecule is NC(=O)c1ccccc1N=Nc1c(O)[nH]c(=O)[nH]c1=O. The predicted octanol–water partition coefficient (Wildman–Crippen LogP) is 0.283. The third kappa shape index (κ3) is 2.61. The zero-order valence-electron chi connectivity index (χ0n) is 9.95. The van der Waals surface area contributed by atoms with E-state index in [4.69, 9.17) is 5.73 Å². The van der Waals surface area contributed by atoms with Gasteiger partial charge in [-0.25, -0.2) is 4.79 Å². The minimum absolute atomic E-state index is 0.108. The van der Waals surface area contributed by atoms with Crippen LogP contribution in [0.2, 0.25) is 0 Å². The predicted molar refractivity (Wildman–Crippen MR) is 68.5 cm³/mol. The van der Waals surface area contributed by atoms with Crippen LogP contribution in [0, 0.1) is 0 Å². The number of nitrogens with one attached hydrogen (secondary N) is 2. The molecule has 1 amide bonds. The number of azo groups is 1. The average Bonchev–Trinajstić information content (AvgIpc) is 2.37. The zero-order chi connectivity index (χ0) is 14.7. The van der Waals surface area contributed by atoms with E-state index >= 15 is 0 Å². The first-order valence-electron chi connectivity index (χ1n) is 5.35. The van der Waals surface area contributed by atoms with E-state index in [0.717, 1.165) is 0 Å². The van der Waals surface area contributed by atoms with Gasteiger partial charge in [0.2, 0.25) is 11.6 Å². The topological polar surface area (TPSA) is 154 Å². The maximum atomic E-state index is 11.4. The van der Waals surface area contributed by atoms with Crippen LogP contribution in [0.4, 0.5) is 11.4 Å². The molecule has 9 heteroatoms. The van der Waals surface area contributed by atoms with Crippen molar-refractivity contribution in [2.24, 2.45) is 16.0 Å². The number of aromatic amines is 2. The van der Waals surface area contributed by atoms with E-state index in [0.29, 0.717) is 0 Å². The fourth-order valence-electron chi connectivity index (χ4n) is 1.43. The Bertz CT molecular complexity index is 805. The molecule has 0 aliphatic heterocycles. The molecule has 0 spiro atoms. The van der Waals surface area contributed by atoms with Crippen molar-refractivity contribution in [3.63, 3.8) is 0 Å². The lowest BCUT2D eigenvalue weighted by molar-refractivity contribution is 0.100. The molecular formula is C11H9N5O4. The first kappa shape index (κ1) is 13.2. The van der Waals surface area contributed by atoms with Gasteiger partial charge in [0.25, 0.3) is 11.5 Å². The minimum Gasteiger partial charge on any atom is -0.493 e. The van der Waals surface area contributed by atoms with Gasteiger partial charge in [-0.3, -0.25) is 19.6 Å². The van der Waals surface area contributed by atoms with Crippen LogP contribution >= 0.6 is 0 Å². The van der Waals surface area contributed by atoms with Gasteiger partial charge >= 0.3 is 5.69 Å². The van der Waals surface area contributed by atoms with E-state index in [-0.39, 0.29) is 11.3 Å². The maximum Gasteiger partial charge on any atom is 0.328 e. The fraction of sp³-hybridized carbons (Fsp3) is 0. The zero-order valence-corrected chi connectivity index (χ0v) is 9.95. The number of hydrogen-bond acceptors (Lipinski definition) is 6. The lowest BCUT2D eigenvalue weighted by atomic mass is 10.2. The molecule has 0 bridgehead atoms. The number of aromatic hydroxyl groups is 1. The van der Waals surface area contributed by atoms with E-state index in [2.05, 4.69) is 10.2 Å². The minimum atomic E-state index is -0.911. The Morgan fingerprint density at radius 2 is 1.85 bits per heavy atom. The van der Waals surface area contributed by atoms with Gasteiger partial charge in [-0.05, 0) is 12.1 Å². The molecule has 102 valence electrons. The number of nitrogens with two attached hydrogens (primary N) is 1. The highest BCUT2D eigenvalue weighted by molar-refractivity contribution is 5.97. The molecule has 1 aromatic carbocycles. The van der Waals surface area contributed by atoms with Gasteiger partial charge < -0.3 is 10.8 Å². The Labute approximate surface area is 110 Å². The first-order chi connectivity index (χ1) is 9.49. The quantitative estimate of drug-likeness (QED) is 0.594. The Morgan fingerprint density at radius 3 is 2.50 bits per heavy atom. The molecule has 0 fully saturated rings. The summed E-state index contributed by atoms with van der Waals surface area (Å²) in [7, 11) is 0. The van der Waals surface area contributed by atoms with Crippen LogP contribution in [0.5, 0.6) is 5.88 Å². The number of carbonyl (C=O) groups is 1. The summed E-state index contributed by atoms with van der Waals surface area (Å²) in [6.45, 7) is 0. The summed E-state index contributed by atoms with van der Waals surface area (Å²) in [5.74, 6) is -1.43. The highest BCUT2D eigenvalue weighted by Crippen LogP contribution is 2.23. The molecule has 2 rings (SSSR count). The van der Waals surface area contributed by atoms with Gasteiger partial charge in [-0.2, -0.15) is 0 Å². The molecular weight excluding hydrogens is 266 g/mol. The Balaban J connectivity index is 2.48. The molecule has 0 saturated carbocycles. The van der Waals surface area contributed by atoms with Crippen molar-refractivity contribution in [1.29, 1.82) is 0 Å². The number of carbonyl (C=O) groups excluding carboxylic acids is 1. The highest BCUT2D eigenvalue weighted by atomic mass is 16.3. The molecule has 0 aliphatic rings. The summed E-state index contributed by atoms with van der Waals surface area (Å²) in [6.07, 6.45) is 0. The van der Waals surface area contributed by atoms with Crippen LogP contribution < -0.4 is 17.0 Å². The van der Waals surface area contributed by atoms with Crippen LogP contribution in [0.15, 0.2) is 44.1 Å². The molecule has 0 radical (unpaired) electrons. The number of benzene rings is 1. The summed E-state index contributed by atoms with van der Waals surface area (Å²) in [6, 6.07) is 6.08. The van der Waals surface area contributed by atoms with Crippen molar-refractivity contribution in [2.45, 2.75) is 0 Å². The van der Waals surface area contributed by atoms with Crippen LogP contribution in [-0.2, 0) is 0 Å². The number of amides is 1. The fourth-order valence-corrected chi connectivity index (χ4v) is 1.43. The molecule has 1 heterocycles. The number of hydrogen-bond donors (Lipinski definition) is 4. The van der Waals surface area contributed by atoms with Crippen molar-refractivity contribution < 1.29 is 9.90 Å². The molecule has 0 aliphatic carbocycles. The smallest absolute Gasteiger partial charge is 0.328 e. The Kier molecular flexibility index (Phi) is 3.42. The summed E-state index contributed by atoms with van der Waals surface area (Å²) in [5.41, 5.74) is 3.13. The van der Waals surface area contributed by atoms with Crippen LogP contribution in [0.1, 0.15) is 10.4 Å². The van der Waals surface area contributed by atoms with Crippen molar-refractivity contribution in [2.75, 3.05) is 0 Å². The van der Waals surface area contributed by atoms with Crippen LogP contribution in [-0.4, -0.2) is 21.0 Å². The normalized spacial score (nSPS) is 10.8. The summed E-state index contributed by atoms with van der Waals surface area (Å²) >= 11 is 0. The van der Waals surface area contributed by atoms with Crippen LogP contribution in [0.3, 0.4) is 0 Å². The number of aromatic nitrogens is 2. The lowest BCUT2D eigenvalue weighted by Gasteiger charge is -1.99. The lowest BCUT2D eigenvalue weighted by Crippen LogP contribution is -2.20. The second kappa shape index (κ2) is 5.18. The van der Waals surface area contributed by atoms with Gasteiger partial charge in [0.1, 0.15) is 0 Å². The summed E-state index contributed by atoms with van der Waals surface area (Å²) in [4.78, 5) is 37.3. The van der Waals surface area contributed by atoms with Gasteiger partial charge in [-0.1, -0.05) is 12.1 Å². The molecule has 0 atom stereocenters. The van der Waals surface area contributed by atoms with E-state index < -0.39 is 28.7 Å². The van der Waals surface area contributed by atoms with E-state index in [1.807, 2.05) is 9.97 Å². The van der Waals surface area contributed by atoms with Gasteiger partial charge in [0.05, 0.1) is 11.3 Å². The van der Waals surface area contributed by atoms with E-state index in [9.17, 15) is 19.5 Å². The van der Waals surface area contributed by atoms with Crippen LogP contribution in [0.25, 0.3) is 0 Å². The first-order valence-corrected chi connectivity index (χ1v) is 5.35. The average molecular weight is 275 g/mol. The standard InChI is InChI=1S/C11H9N5O4/c12-8(17)5-3-1-2-4-6(5)15-16-7-9(18)13-11(20)14-10(7)19/h1-4H,(H2,12,17)(H3,13,14,18,19,20). The van der Waals surface area contributed by atoms with E-state index in [1.165, 1.54) is 12.1 Å². The highest BCUT2D eigenvalue weighted by Gasteiger charge is 2.09. The van der Waals surface area contributed by atoms with Crippen molar-refractivity contribution in [1.82, 2.24) is 9.97 Å². The molecule has 0 unspecified atom stereocenters. The number of rotatable bonds is 3. The monoisotopic (exact) mass is 275 g/mol. The second-order valence-electron chi connectivity index (χ2n) is 3.69.